The summed E-state index contributed by atoms with van der Waals surface area (Å²) in [6, 6.07) is 5.00. The van der Waals surface area contributed by atoms with Crippen molar-refractivity contribution in [3.05, 3.63) is 41.9 Å². The molecule has 96 valence electrons. The molecule has 18 heavy (non-hydrogen) atoms. The van der Waals surface area contributed by atoms with Gasteiger partial charge in [-0.2, -0.15) is 13.2 Å². The molecule has 0 spiro atoms. The Labute approximate surface area is 102 Å². The van der Waals surface area contributed by atoms with Crippen LogP contribution >= 0.6 is 0 Å². The first-order valence-electron chi connectivity index (χ1n) is 5.27. The van der Waals surface area contributed by atoms with Gasteiger partial charge in [-0.3, -0.25) is 0 Å². The number of oxazole rings is 1. The lowest BCUT2D eigenvalue weighted by molar-refractivity contribution is -0.137. The maximum atomic E-state index is 12.6. The molecule has 0 aliphatic carbocycles. The van der Waals surface area contributed by atoms with Crippen molar-refractivity contribution in [3.63, 3.8) is 0 Å². The molecule has 0 amide bonds. The summed E-state index contributed by atoms with van der Waals surface area (Å²) in [7, 11) is 1.73. The number of nitrogens with one attached hydrogen (secondary N) is 1. The van der Waals surface area contributed by atoms with Gasteiger partial charge < -0.3 is 9.73 Å². The van der Waals surface area contributed by atoms with Gasteiger partial charge in [0, 0.05) is 12.1 Å². The SMILES string of the molecule is CNCc1ncoc1-c1cccc(C(F)(F)F)c1. The van der Waals surface area contributed by atoms with Crippen LogP contribution in [0.15, 0.2) is 35.1 Å². The summed E-state index contributed by atoms with van der Waals surface area (Å²) < 4.78 is 43.0. The molecule has 1 N–H and O–H groups in total. The van der Waals surface area contributed by atoms with Gasteiger partial charge in [-0.15, -0.1) is 0 Å². The summed E-state index contributed by atoms with van der Waals surface area (Å²) >= 11 is 0. The van der Waals surface area contributed by atoms with Crippen LogP contribution in [0.1, 0.15) is 11.3 Å². The number of hydrogen-bond donors (Lipinski definition) is 1. The van der Waals surface area contributed by atoms with Crippen molar-refractivity contribution in [2.45, 2.75) is 12.7 Å². The van der Waals surface area contributed by atoms with Crippen molar-refractivity contribution in [2.24, 2.45) is 0 Å². The highest BCUT2D eigenvalue weighted by Gasteiger charge is 2.30. The Morgan fingerprint density at radius 2 is 2.11 bits per heavy atom. The van der Waals surface area contributed by atoms with E-state index in [1.165, 1.54) is 12.5 Å². The van der Waals surface area contributed by atoms with Crippen LogP contribution in [0.3, 0.4) is 0 Å². The molecule has 0 atom stereocenters. The molecule has 0 aliphatic rings. The summed E-state index contributed by atoms with van der Waals surface area (Å²) in [5.41, 5.74) is 0.246. The van der Waals surface area contributed by atoms with E-state index in [1.54, 1.807) is 13.1 Å². The quantitative estimate of drug-likeness (QED) is 0.917. The molecule has 0 unspecified atom stereocenters. The molecule has 1 aromatic heterocycles. The fourth-order valence-corrected chi connectivity index (χ4v) is 1.63. The molecule has 2 aromatic rings. The van der Waals surface area contributed by atoms with Crippen LogP contribution in [0.4, 0.5) is 13.2 Å². The second-order valence-electron chi connectivity index (χ2n) is 3.74. The van der Waals surface area contributed by atoms with Crippen LogP contribution in [0.25, 0.3) is 11.3 Å². The van der Waals surface area contributed by atoms with E-state index in [0.717, 1.165) is 12.1 Å². The number of alkyl halides is 3. The maximum Gasteiger partial charge on any atom is 0.416 e. The predicted octanol–water partition coefficient (Wildman–Crippen LogP) is 3.08. The minimum Gasteiger partial charge on any atom is -0.443 e. The Hall–Kier alpha value is -1.82. The summed E-state index contributed by atoms with van der Waals surface area (Å²) in [6.45, 7) is 0.433. The standard InChI is InChI=1S/C12H11F3N2O/c1-16-6-10-11(18-7-17-10)8-3-2-4-9(5-8)12(13,14)15/h2-5,7,16H,6H2,1H3. The lowest BCUT2D eigenvalue weighted by Gasteiger charge is -2.08. The van der Waals surface area contributed by atoms with Gasteiger partial charge in [0.05, 0.1) is 5.56 Å². The molecule has 3 nitrogen and oxygen atoms in total. The number of nitrogens with zero attached hydrogens (tertiary/aromatic N) is 1. The van der Waals surface area contributed by atoms with Crippen LogP contribution in [0.5, 0.6) is 0 Å². The highest BCUT2D eigenvalue weighted by Crippen LogP contribution is 2.32. The number of hydrogen-bond acceptors (Lipinski definition) is 3. The zero-order valence-corrected chi connectivity index (χ0v) is 9.58. The van der Waals surface area contributed by atoms with Gasteiger partial charge in [0.15, 0.2) is 12.2 Å². The van der Waals surface area contributed by atoms with Gasteiger partial charge in [0.2, 0.25) is 0 Å². The molecule has 0 fully saturated rings. The molecule has 0 aliphatic heterocycles. The number of halogens is 3. The van der Waals surface area contributed by atoms with E-state index in [1.807, 2.05) is 0 Å². The summed E-state index contributed by atoms with van der Waals surface area (Å²) in [5.74, 6) is 0.357. The largest absolute Gasteiger partial charge is 0.443 e. The first-order valence-corrected chi connectivity index (χ1v) is 5.27. The Morgan fingerprint density at radius 3 is 2.78 bits per heavy atom. The van der Waals surface area contributed by atoms with Crippen LogP contribution in [-0.4, -0.2) is 12.0 Å². The van der Waals surface area contributed by atoms with Crippen molar-refractivity contribution in [2.75, 3.05) is 7.05 Å². The van der Waals surface area contributed by atoms with Crippen molar-refractivity contribution < 1.29 is 17.6 Å². The molecule has 0 saturated carbocycles. The van der Waals surface area contributed by atoms with E-state index >= 15 is 0 Å². The fourth-order valence-electron chi connectivity index (χ4n) is 1.63. The third-order valence-corrected chi connectivity index (χ3v) is 2.44. The van der Waals surface area contributed by atoms with Crippen LogP contribution in [-0.2, 0) is 12.7 Å². The van der Waals surface area contributed by atoms with Crippen molar-refractivity contribution in [3.8, 4) is 11.3 Å². The van der Waals surface area contributed by atoms with Crippen LogP contribution in [0.2, 0.25) is 0 Å². The van der Waals surface area contributed by atoms with Crippen molar-refractivity contribution >= 4 is 0 Å². The van der Waals surface area contributed by atoms with E-state index < -0.39 is 11.7 Å². The molecule has 1 heterocycles. The Bertz CT molecular complexity index is 534. The van der Waals surface area contributed by atoms with E-state index in [9.17, 15) is 13.2 Å². The van der Waals surface area contributed by atoms with E-state index in [2.05, 4.69) is 10.3 Å². The molecule has 0 radical (unpaired) electrons. The summed E-state index contributed by atoms with van der Waals surface area (Å²) in [5, 5.41) is 2.88. The summed E-state index contributed by atoms with van der Waals surface area (Å²) in [6.07, 6.45) is -3.14. The zero-order chi connectivity index (χ0) is 13.2. The molecule has 2 rings (SSSR count). The minimum absolute atomic E-state index is 0.357. The third kappa shape index (κ3) is 2.53. The van der Waals surface area contributed by atoms with Crippen LogP contribution in [0, 0.1) is 0 Å². The van der Waals surface area contributed by atoms with Gasteiger partial charge in [-0.1, -0.05) is 12.1 Å². The second-order valence-corrected chi connectivity index (χ2v) is 3.74. The predicted molar refractivity (Wildman–Crippen MR) is 59.7 cm³/mol. The molecular formula is C12H11F3N2O. The van der Waals surface area contributed by atoms with Gasteiger partial charge in [-0.05, 0) is 19.2 Å². The first kappa shape index (κ1) is 12.6. The normalized spacial score (nSPS) is 11.8. The minimum atomic E-state index is -4.36. The van der Waals surface area contributed by atoms with E-state index in [0.29, 0.717) is 23.6 Å². The van der Waals surface area contributed by atoms with Crippen LogP contribution < -0.4 is 5.32 Å². The lowest BCUT2D eigenvalue weighted by Crippen LogP contribution is -2.07. The summed E-state index contributed by atoms with van der Waals surface area (Å²) in [4.78, 5) is 3.96. The Kier molecular flexibility index (Phi) is 3.38. The van der Waals surface area contributed by atoms with Gasteiger partial charge in [0.1, 0.15) is 5.69 Å². The maximum absolute atomic E-state index is 12.6. The average molecular weight is 256 g/mol. The van der Waals surface area contributed by atoms with Crippen molar-refractivity contribution in [1.82, 2.24) is 10.3 Å². The highest BCUT2D eigenvalue weighted by molar-refractivity contribution is 5.60. The van der Waals surface area contributed by atoms with Gasteiger partial charge >= 0.3 is 6.18 Å². The third-order valence-electron chi connectivity index (χ3n) is 2.44. The molecular weight excluding hydrogens is 245 g/mol. The van der Waals surface area contributed by atoms with E-state index in [4.69, 9.17) is 4.42 Å². The van der Waals surface area contributed by atoms with Crippen molar-refractivity contribution in [1.29, 1.82) is 0 Å². The molecule has 0 saturated heterocycles. The van der Waals surface area contributed by atoms with E-state index in [-0.39, 0.29) is 0 Å². The number of aromatic nitrogens is 1. The second kappa shape index (κ2) is 4.81. The first-order chi connectivity index (χ1) is 8.52. The van der Waals surface area contributed by atoms with Gasteiger partial charge in [0.25, 0.3) is 0 Å². The highest BCUT2D eigenvalue weighted by atomic mass is 19.4. The Morgan fingerprint density at radius 1 is 1.33 bits per heavy atom. The number of rotatable bonds is 3. The molecule has 6 heteroatoms. The Balaban J connectivity index is 2.42. The molecule has 0 bridgehead atoms. The lowest BCUT2D eigenvalue weighted by atomic mass is 10.1. The molecule has 1 aromatic carbocycles. The number of benzene rings is 1. The fraction of sp³-hybridized carbons (Fsp3) is 0.250. The topological polar surface area (TPSA) is 38.1 Å². The van der Waals surface area contributed by atoms with Gasteiger partial charge in [-0.25, -0.2) is 4.98 Å². The monoisotopic (exact) mass is 256 g/mol. The zero-order valence-electron chi connectivity index (χ0n) is 9.58. The average Bonchev–Trinajstić information content (AvgIpc) is 2.77. The smallest absolute Gasteiger partial charge is 0.416 e.